The van der Waals surface area contributed by atoms with Gasteiger partial charge in [0, 0.05) is 19.4 Å². The number of aromatic nitrogens is 3. The number of nitrogens with zero attached hydrogens (tertiary/aromatic N) is 3. The van der Waals surface area contributed by atoms with Gasteiger partial charge in [-0.15, -0.1) is 0 Å². The Kier molecular flexibility index (Phi) is 3.10. The van der Waals surface area contributed by atoms with Crippen LogP contribution < -0.4 is 5.32 Å². The molecule has 84 valence electrons. The lowest BCUT2D eigenvalue weighted by molar-refractivity contribution is 0.812. The topological polar surface area (TPSA) is 42.7 Å². The normalized spacial score (nSPS) is 10.4. The predicted octanol–water partition coefficient (Wildman–Crippen LogP) is 2.39. The van der Waals surface area contributed by atoms with Gasteiger partial charge in [-0.25, -0.2) is 9.97 Å². The molecular weight excluding hydrogens is 224 g/mol. The van der Waals surface area contributed by atoms with E-state index in [9.17, 15) is 0 Å². The maximum atomic E-state index is 5.79. The Balaban J connectivity index is 2.08. The monoisotopic (exact) mass is 236 g/mol. The molecule has 0 aliphatic carbocycles. The Morgan fingerprint density at radius 3 is 2.88 bits per heavy atom. The molecule has 0 aliphatic heterocycles. The van der Waals surface area contributed by atoms with Crippen molar-refractivity contribution in [3.05, 3.63) is 41.2 Å². The zero-order valence-corrected chi connectivity index (χ0v) is 9.99. The average molecular weight is 237 g/mol. The molecule has 0 bridgehead atoms. The number of imidazole rings is 1. The summed E-state index contributed by atoms with van der Waals surface area (Å²) >= 11 is 5.79. The molecule has 0 fully saturated rings. The van der Waals surface area contributed by atoms with Gasteiger partial charge in [0.05, 0.1) is 18.4 Å². The number of hydrogen-bond acceptors (Lipinski definition) is 3. The Morgan fingerprint density at radius 2 is 2.25 bits per heavy atom. The van der Waals surface area contributed by atoms with E-state index in [1.165, 1.54) is 0 Å². The fraction of sp³-hybridized carbons (Fsp3) is 0.273. The molecule has 0 radical (unpaired) electrons. The van der Waals surface area contributed by atoms with Crippen LogP contribution in [0.2, 0.25) is 5.15 Å². The molecular formula is C11H13ClN4. The number of aryl methyl sites for hydroxylation is 2. The Bertz CT molecular complexity index is 492. The fourth-order valence-electron chi connectivity index (χ4n) is 1.45. The summed E-state index contributed by atoms with van der Waals surface area (Å²) in [4.78, 5) is 8.27. The largest absolute Gasteiger partial charge is 0.376 e. The van der Waals surface area contributed by atoms with Crippen molar-refractivity contribution in [2.24, 2.45) is 7.05 Å². The molecule has 0 aliphatic rings. The van der Waals surface area contributed by atoms with Crippen LogP contribution in [0.1, 0.15) is 11.4 Å². The van der Waals surface area contributed by atoms with Crippen molar-refractivity contribution < 1.29 is 0 Å². The summed E-state index contributed by atoms with van der Waals surface area (Å²) in [6, 6.07) is 1.84. The second-order valence-electron chi connectivity index (χ2n) is 3.63. The van der Waals surface area contributed by atoms with Gasteiger partial charge in [0.25, 0.3) is 0 Å². The number of rotatable bonds is 3. The lowest BCUT2D eigenvalue weighted by Crippen LogP contribution is -2.06. The van der Waals surface area contributed by atoms with Crippen molar-refractivity contribution >= 4 is 17.3 Å². The number of pyridine rings is 1. The van der Waals surface area contributed by atoms with E-state index in [-0.39, 0.29) is 0 Å². The fourth-order valence-corrected chi connectivity index (χ4v) is 1.66. The van der Waals surface area contributed by atoms with Gasteiger partial charge in [-0.05, 0) is 18.6 Å². The number of anilines is 1. The number of halogens is 1. The molecule has 0 saturated carbocycles. The molecule has 2 aromatic heterocycles. The molecule has 4 nitrogen and oxygen atoms in total. The van der Waals surface area contributed by atoms with Crippen molar-refractivity contribution in [3.8, 4) is 0 Å². The third kappa shape index (κ3) is 2.33. The maximum Gasteiger partial charge on any atom is 0.129 e. The van der Waals surface area contributed by atoms with E-state index >= 15 is 0 Å². The van der Waals surface area contributed by atoms with Gasteiger partial charge in [0.15, 0.2) is 0 Å². The van der Waals surface area contributed by atoms with Gasteiger partial charge in [-0.3, -0.25) is 0 Å². The molecule has 0 amide bonds. The van der Waals surface area contributed by atoms with E-state index in [0.717, 1.165) is 17.1 Å². The summed E-state index contributed by atoms with van der Waals surface area (Å²) in [5.74, 6) is 0.981. The van der Waals surface area contributed by atoms with Crippen molar-refractivity contribution in [2.45, 2.75) is 13.5 Å². The van der Waals surface area contributed by atoms with Crippen LogP contribution in [-0.2, 0) is 13.6 Å². The molecule has 0 spiro atoms. The van der Waals surface area contributed by atoms with Crippen molar-refractivity contribution in [3.63, 3.8) is 0 Å². The highest BCUT2D eigenvalue weighted by Gasteiger charge is 2.02. The molecule has 2 rings (SSSR count). The van der Waals surface area contributed by atoms with E-state index in [0.29, 0.717) is 11.7 Å². The van der Waals surface area contributed by atoms with E-state index in [1.807, 2.05) is 30.8 Å². The Morgan fingerprint density at radius 1 is 1.44 bits per heavy atom. The van der Waals surface area contributed by atoms with Crippen LogP contribution in [0.5, 0.6) is 0 Å². The second-order valence-corrected chi connectivity index (χ2v) is 4.02. The second kappa shape index (κ2) is 4.53. The van der Waals surface area contributed by atoms with E-state index in [2.05, 4.69) is 15.3 Å². The number of hydrogen-bond donors (Lipinski definition) is 1. The van der Waals surface area contributed by atoms with E-state index < -0.39 is 0 Å². The summed E-state index contributed by atoms with van der Waals surface area (Å²) in [6.07, 6.45) is 5.44. The first-order chi connectivity index (χ1) is 7.66. The highest BCUT2D eigenvalue weighted by molar-refractivity contribution is 6.29. The highest BCUT2D eigenvalue weighted by atomic mass is 35.5. The zero-order valence-electron chi connectivity index (χ0n) is 9.24. The van der Waals surface area contributed by atoms with Gasteiger partial charge in [-0.1, -0.05) is 11.6 Å². The average Bonchev–Trinajstić information content (AvgIpc) is 2.63. The van der Waals surface area contributed by atoms with Gasteiger partial charge < -0.3 is 9.88 Å². The molecule has 0 saturated heterocycles. The van der Waals surface area contributed by atoms with Crippen molar-refractivity contribution in [1.29, 1.82) is 0 Å². The number of nitrogens with one attached hydrogen (secondary N) is 1. The van der Waals surface area contributed by atoms with Crippen LogP contribution >= 0.6 is 11.6 Å². The SMILES string of the molecule is Cc1cc(Cl)ncc1NCc1nccn1C. The minimum atomic E-state index is 0.514. The first-order valence-electron chi connectivity index (χ1n) is 4.99. The minimum Gasteiger partial charge on any atom is -0.376 e. The lowest BCUT2D eigenvalue weighted by Gasteiger charge is -2.08. The van der Waals surface area contributed by atoms with Gasteiger partial charge in [0.1, 0.15) is 11.0 Å². The summed E-state index contributed by atoms with van der Waals surface area (Å²) in [5, 5.41) is 3.79. The summed E-state index contributed by atoms with van der Waals surface area (Å²) in [7, 11) is 1.97. The first kappa shape index (κ1) is 11.0. The lowest BCUT2D eigenvalue weighted by atomic mass is 10.2. The minimum absolute atomic E-state index is 0.514. The maximum absolute atomic E-state index is 5.79. The van der Waals surface area contributed by atoms with Crippen LogP contribution in [0, 0.1) is 6.92 Å². The molecule has 0 atom stereocenters. The van der Waals surface area contributed by atoms with Crippen LogP contribution in [0.15, 0.2) is 24.7 Å². The quantitative estimate of drug-likeness (QED) is 0.833. The Hall–Kier alpha value is -1.55. The summed E-state index contributed by atoms with van der Waals surface area (Å²) in [6.45, 7) is 2.67. The molecule has 2 aromatic rings. The summed E-state index contributed by atoms with van der Waals surface area (Å²) < 4.78 is 1.98. The van der Waals surface area contributed by atoms with E-state index in [1.54, 1.807) is 12.4 Å². The van der Waals surface area contributed by atoms with Crippen molar-refractivity contribution in [1.82, 2.24) is 14.5 Å². The van der Waals surface area contributed by atoms with Gasteiger partial charge in [0.2, 0.25) is 0 Å². The molecule has 1 N–H and O–H groups in total. The highest BCUT2D eigenvalue weighted by Crippen LogP contribution is 2.17. The van der Waals surface area contributed by atoms with E-state index in [4.69, 9.17) is 11.6 Å². The van der Waals surface area contributed by atoms with Crippen LogP contribution in [0.3, 0.4) is 0 Å². The van der Waals surface area contributed by atoms with Crippen molar-refractivity contribution in [2.75, 3.05) is 5.32 Å². The van der Waals surface area contributed by atoms with Gasteiger partial charge >= 0.3 is 0 Å². The van der Waals surface area contributed by atoms with Crippen LogP contribution in [0.25, 0.3) is 0 Å². The molecule has 16 heavy (non-hydrogen) atoms. The zero-order chi connectivity index (χ0) is 11.5. The molecule has 0 unspecified atom stereocenters. The first-order valence-corrected chi connectivity index (χ1v) is 5.37. The third-order valence-electron chi connectivity index (χ3n) is 2.44. The summed E-state index contributed by atoms with van der Waals surface area (Å²) in [5.41, 5.74) is 2.06. The van der Waals surface area contributed by atoms with Crippen LogP contribution in [0.4, 0.5) is 5.69 Å². The smallest absolute Gasteiger partial charge is 0.129 e. The molecule has 5 heteroatoms. The predicted molar refractivity (Wildman–Crippen MR) is 64.5 cm³/mol. The molecule has 0 aromatic carbocycles. The molecule has 2 heterocycles. The Labute approximate surface area is 99.3 Å². The van der Waals surface area contributed by atoms with Gasteiger partial charge in [-0.2, -0.15) is 0 Å². The van der Waals surface area contributed by atoms with Crippen LogP contribution in [-0.4, -0.2) is 14.5 Å². The standard InChI is InChI=1S/C11H13ClN4/c1-8-5-10(12)15-6-9(8)14-7-11-13-3-4-16(11)2/h3-6,14H,7H2,1-2H3. The third-order valence-corrected chi connectivity index (χ3v) is 2.64.